The summed E-state index contributed by atoms with van der Waals surface area (Å²) < 4.78 is 7.93. The lowest BCUT2D eigenvalue weighted by Crippen LogP contribution is -2.57. The van der Waals surface area contributed by atoms with E-state index in [1.165, 1.54) is 0 Å². The van der Waals surface area contributed by atoms with Gasteiger partial charge in [0, 0.05) is 23.9 Å². The third-order valence-corrected chi connectivity index (χ3v) is 4.98. The summed E-state index contributed by atoms with van der Waals surface area (Å²) in [6.07, 6.45) is 5.73. The third kappa shape index (κ3) is 3.52. The van der Waals surface area contributed by atoms with Crippen molar-refractivity contribution >= 4 is 29.8 Å². The van der Waals surface area contributed by atoms with Gasteiger partial charge in [-0.15, -0.1) is 0 Å². The number of halogens is 1. The van der Waals surface area contributed by atoms with Gasteiger partial charge in [0.25, 0.3) is 0 Å². The van der Waals surface area contributed by atoms with Crippen molar-refractivity contribution in [3.05, 3.63) is 53.1 Å². The minimum Gasteiger partial charge on any atom is -0.386 e. The average Bonchev–Trinajstić information content (AvgIpc) is 3.19. The Morgan fingerprint density at radius 1 is 1.33 bits per heavy atom. The highest BCUT2D eigenvalue weighted by Gasteiger charge is 2.57. The number of hydrogen-bond acceptors (Lipinski definition) is 6. The zero-order chi connectivity index (χ0) is 19.5. The first-order valence-electron chi connectivity index (χ1n) is 8.45. The summed E-state index contributed by atoms with van der Waals surface area (Å²) in [6, 6.07) is 7.39. The van der Waals surface area contributed by atoms with Gasteiger partial charge in [-0.1, -0.05) is 28.9 Å². The number of imidazole rings is 1. The monoisotopic (exact) mass is 388 g/mol. The number of carbonyl (C=O) groups is 1. The number of ether oxygens (including phenoxy) is 1. The van der Waals surface area contributed by atoms with E-state index >= 15 is 0 Å². The lowest BCUT2D eigenvalue weighted by Gasteiger charge is -2.38. The van der Waals surface area contributed by atoms with Crippen LogP contribution in [0.4, 0.5) is 0 Å². The molecule has 0 amide bonds. The summed E-state index contributed by atoms with van der Waals surface area (Å²) in [5.74, 6) is 0. The maximum atomic E-state index is 10.5. The maximum Gasteiger partial charge on any atom is 0.173 e. The van der Waals surface area contributed by atoms with Crippen LogP contribution in [0.2, 0.25) is 5.02 Å². The van der Waals surface area contributed by atoms with E-state index in [1.54, 1.807) is 38.0 Å². The van der Waals surface area contributed by atoms with Gasteiger partial charge in [0.1, 0.15) is 12.0 Å². The predicted octanol–water partition coefficient (Wildman–Crippen LogP) is 2.75. The molecule has 1 unspecified atom stereocenters. The van der Waals surface area contributed by atoms with E-state index < -0.39 is 11.2 Å². The Morgan fingerprint density at radius 2 is 2.07 bits per heavy atom. The highest BCUT2D eigenvalue weighted by Crippen LogP contribution is 2.40. The quantitative estimate of drug-likeness (QED) is 0.539. The fourth-order valence-corrected chi connectivity index (χ4v) is 3.28. The van der Waals surface area contributed by atoms with Crippen LogP contribution < -0.4 is 0 Å². The Balaban J connectivity index is 2.00. The minimum atomic E-state index is -0.866. The zero-order valence-corrected chi connectivity index (χ0v) is 16.2. The lowest BCUT2D eigenvalue weighted by molar-refractivity contribution is -0.126. The van der Waals surface area contributed by atoms with Gasteiger partial charge in [-0.3, -0.25) is 4.99 Å². The molecule has 1 atom stereocenters. The summed E-state index contributed by atoms with van der Waals surface area (Å²) in [5.41, 5.74) is 0.707. The van der Waals surface area contributed by atoms with Gasteiger partial charge in [0.2, 0.25) is 0 Å². The molecular formula is C19H21ClN4O3. The molecule has 1 aliphatic heterocycles. The Bertz CT molecular complexity index is 873. The number of oxime groups is 1. The molecule has 0 fully saturated rings. The Hall–Kier alpha value is -2.51. The first-order chi connectivity index (χ1) is 12.9. The van der Waals surface area contributed by atoms with E-state index in [0.717, 1.165) is 17.5 Å². The molecule has 0 aliphatic carbocycles. The highest BCUT2D eigenvalue weighted by molar-refractivity contribution is 6.30. The molecule has 142 valence electrons. The molecular weight excluding hydrogens is 368 g/mol. The molecule has 27 heavy (non-hydrogen) atoms. The first kappa shape index (κ1) is 19.3. The maximum absolute atomic E-state index is 10.5. The normalized spacial score (nSPS) is 21.3. The largest absolute Gasteiger partial charge is 0.386 e. The number of aldehydes is 1. The standard InChI is InChI=1S/C19H21ClN4O3/c1-18(2)19(26-3,12-24-13-22-11-16(24)10-21-8-9-25)17(23-27-18)14-4-6-15(20)7-5-14/h4-7,9-11,13H,8,12H2,1-3H3. The van der Waals surface area contributed by atoms with Gasteiger partial charge in [-0.2, -0.15) is 0 Å². The fraction of sp³-hybridized carbons (Fsp3) is 0.368. The molecule has 3 rings (SSSR count). The van der Waals surface area contributed by atoms with Crippen LogP contribution >= 0.6 is 11.6 Å². The molecule has 7 nitrogen and oxygen atoms in total. The van der Waals surface area contributed by atoms with Gasteiger partial charge in [0.05, 0.1) is 31.3 Å². The van der Waals surface area contributed by atoms with Gasteiger partial charge in [-0.05, 0) is 26.0 Å². The molecule has 1 aromatic heterocycles. The second kappa shape index (κ2) is 7.62. The van der Waals surface area contributed by atoms with Crippen molar-refractivity contribution in [3.8, 4) is 0 Å². The van der Waals surface area contributed by atoms with Crippen molar-refractivity contribution in [3.63, 3.8) is 0 Å². The molecule has 2 heterocycles. The van der Waals surface area contributed by atoms with Crippen LogP contribution in [0.25, 0.3) is 0 Å². The molecule has 1 aliphatic rings. The highest BCUT2D eigenvalue weighted by atomic mass is 35.5. The van der Waals surface area contributed by atoms with E-state index in [2.05, 4.69) is 15.1 Å². The SMILES string of the molecule is COC1(Cn2cncc2C=NCC=O)C(c2ccc(Cl)cc2)=NOC1(C)C. The van der Waals surface area contributed by atoms with Crippen molar-refractivity contribution < 1.29 is 14.4 Å². The molecule has 0 spiro atoms. The lowest BCUT2D eigenvalue weighted by atomic mass is 9.79. The van der Waals surface area contributed by atoms with Gasteiger partial charge >= 0.3 is 0 Å². The topological polar surface area (TPSA) is 78.1 Å². The number of nitrogens with zero attached hydrogens (tertiary/aromatic N) is 4. The number of aliphatic imine (C=N–C) groups is 1. The number of benzene rings is 1. The molecule has 1 aromatic carbocycles. The van der Waals surface area contributed by atoms with Crippen molar-refractivity contribution in [2.24, 2.45) is 10.1 Å². The van der Waals surface area contributed by atoms with Crippen LogP contribution in [0.15, 0.2) is 46.9 Å². The Morgan fingerprint density at radius 3 is 2.74 bits per heavy atom. The fourth-order valence-electron chi connectivity index (χ4n) is 3.16. The van der Waals surface area contributed by atoms with E-state index in [1.807, 2.05) is 30.5 Å². The van der Waals surface area contributed by atoms with Crippen LogP contribution in [0.5, 0.6) is 0 Å². The van der Waals surface area contributed by atoms with Gasteiger partial charge < -0.3 is 18.9 Å². The average molecular weight is 389 g/mol. The third-order valence-electron chi connectivity index (χ3n) is 4.73. The Kier molecular flexibility index (Phi) is 5.43. The molecule has 8 heteroatoms. The number of hydrogen-bond donors (Lipinski definition) is 0. The van der Waals surface area contributed by atoms with E-state index in [9.17, 15) is 4.79 Å². The van der Waals surface area contributed by atoms with Gasteiger partial charge in [0.15, 0.2) is 11.2 Å². The summed E-state index contributed by atoms with van der Waals surface area (Å²) in [5, 5.41) is 4.98. The van der Waals surface area contributed by atoms with Gasteiger partial charge in [-0.25, -0.2) is 4.98 Å². The smallest absolute Gasteiger partial charge is 0.173 e. The summed E-state index contributed by atoms with van der Waals surface area (Å²) in [6.45, 7) is 4.37. The second-order valence-corrected chi connectivity index (χ2v) is 7.12. The Labute approximate surface area is 162 Å². The summed E-state index contributed by atoms with van der Waals surface area (Å²) >= 11 is 6.02. The minimum absolute atomic E-state index is 0.104. The van der Waals surface area contributed by atoms with Crippen LogP contribution in [-0.2, 0) is 20.9 Å². The van der Waals surface area contributed by atoms with Crippen molar-refractivity contribution in [2.45, 2.75) is 31.6 Å². The van der Waals surface area contributed by atoms with E-state index in [0.29, 0.717) is 17.3 Å². The van der Waals surface area contributed by atoms with E-state index in [-0.39, 0.29) is 6.54 Å². The van der Waals surface area contributed by atoms with Crippen LogP contribution in [0.1, 0.15) is 25.1 Å². The number of rotatable bonds is 7. The van der Waals surface area contributed by atoms with E-state index in [4.69, 9.17) is 21.2 Å². The molecule has 0 saturated heterocycles. The molecule has 0 radical (unpaired) electrons. The number of carbonyl (C=O) groups excluding carboxylic acids is 1. The molecule has 0 N–H and O–H groups in total. The molecule has 0 bridgehead atoms. The van der Waals surface area contributed by atoms with Crippen LogP contribution in [0, 0.1) is 0 Å². The second-order valence-electron chi connectivity index (χ2n) is 6.69. The summed E-state index contributed by atoms with van der Waals surface area (Å²) in [7, 11) is 1.64. The van der Waals surface area contributed by atoms with Crippen molar-refractivity contribution in [2.75, 3.05) is 13.7 Å². The predicted molar refractivity (Wildman–Crippen MR) is 104 cm³/mol. The van der Waals surface area contributed by atoms with Crippen LogP contribution in [0.3, 0.4) is 0 Å². The van der Waals surface area contributed by atoms with Crippen molar-refractivity contribution in [1.29, 1.82) is 0 Å². The molecule has 0 saturated carbocycles. The van der Waals surface area contributed by atoms with Crippen LogP contribution in [-0.4, -0.2) is 52.6 Å². The zero-order valence-electron chi connectivity index (χ0n) is 15.4. The van der Waals surface area contributed by atoms with Crippen molar-refractivity contribution in [1.82, 2.24) is 9.55 Å². The summed E-state index contributed by atoms with van der Waals surface area (Å²) in [4.78, 5) is 24.5. The number of aromatic nitrogens is 2. The first-order valence-corrected chi connectivity index (χ1v) is 8.82. The number of methoxy groups -OCH3 is 1. The molecule has 2 aromatic rings.